The minimum atomic E-state index is -2.60. The van der Waals surface area contributed by atoms with Gasteiger partial charge in [-0.25, -0.2) is 0 Å². The van der Waals surface area contributed by atoms with E-state index in [9.17, 15) is 18.0 Å². The molecule has 0 aromatic carbocycles. The maximum Gasteiger partial charge on any atom is 0.347 e. The number of hydrogen-bond acceptors (Lipinski definition) is 2. The van der Waals surface area contributed by atoms with E-state index in [1.807, 2.05) is 0 Å². The van der Waals surface area contributed by atoms with Gasteiger partial charge in [0.2, 0.25) is 0 Å². The van der Waals surface area contributed by atoms with Crippen molar-refractivity contribution in [3.63, 3.8) is 0 Å². The van der Waals surface area contributed by atoms with Gasteiger partial charge in [0.15, 0.2) is 0 Å². The average Bonchev–Trinajstić information content (AvgIpc) is 2.36. The number of unbranched alkanes of at least 4 members (excludes halogenated alkanes) is 8. The number of rotatable bonds is 11. The summed E-state index contributed by atoms with van der Waals surface area (Å²) in [5, 5.41) is 0. The molecule has 0 N–H and O–H groups in total. The average molecular weight is 280 g/mol. The second kappa shape index (κ2) is 12.1. The molecular weight excluding hydrogens is 257 g/mol. The fraction of sp³-hybridized carbons (Fsp3) is 0.786. The number of ether oxygens (including phenoxy) is 1. The van der Waals surface area contributed by atoms with Crippen LogP contribution in [0.1, 0.15) is 71.1 Å². The lowest BCUT2D eigenvalue weighted by Crippen LogP contribution is -2.02. The molecule has 0 aromatic rings. The lowest BCUT2D eigenvalue weighted by molar-refractivity contribution is -0.142. The van der Waals surface area contributed by atoms with Crippen molar-refractivity contribution in [1.82, 2.24) is 0 Å². The molecule has 5 heteroatoms. The first-order chi connectivity index (χ1) is 9.07. The second-order valence-corrected chi connectivity index (χ2v) is 4.59. The number of hydrogen-bond donors (Lipinski definition) is 0. The molecule has 0 aromatic heterocycles. The van der Waals surface area contributed by atoms with Crippen molar-refractivity contribution >= 4 is 5.97 Å². The predicted octanol–water partition coefficient (Wildman–Crippen LogP) is 5.49. The van der Waals surface area contributed by atoms with Gasteiger partial charge in [0, 0.05) is 6.42 Å². The molecule has 0 heterocycles. The highest BCUT2D eigenvalue weighted by molar-refractivity contribution is 5.70. The molecule has 2 nitrogen and oxygen atoms in total. The maximum absolute atomic E-state index is 12.2. The van der Waals surface area contributed by atoms with E-state index in [4.69, 9.17) is 0 Å². The zero-order chi connectivity index (χ0) is 14.5. The highest BCUT2D eigenvalue weighted by atomic mass is 19.3. The quantitative estimate of drug-likeness (QED) is 0.284. The molecule has 0 spiro atoms. The van der Waals surface area contributed by atoms with Crippen LogP contribution in [0.3, 0.4) is 0 Å². The van der Waals surface area contributed by atoms with E-state index in [2.05, 4.69) is 11.7 Å². The SMILES string of the molecule is CCCCCCCCCCCC(=O)OC(F)=C(F)F. The molecule has 0 amide bonds. The largest absolute Gasteiger partial charge is 0.395 e. The third kappa shape index (κ3) is 11.8. The van der Waals surface area contributed by atoms with E-state index in [-0.39, 0.29) is 6.42 Å². The Kier molecular flexibility index (Phi) is 11.4. The highest BCUT2D eigenvalue weighted by Crippen LogP contribution is 2.14. The Morgan fingerprint density at radius 1 is 0.842 bits per heavy atom. The standard InChI is InChI=1S/C14H23F3O2/c1-2-3-4-5-6-7-8-9-10-11-12(18)19-14(17)13(15)16/h2-11H2,1H3. The number of halogens is 3. The molecule has 0 saturated heterocycles. The van der Waals surface area contributed by atoms with Crippen LogP contribution >= 0.6 is 0 Å². The van der Waals surface area contributed by atoms with Gasteiger partial charge in [-0.15, -0.1) is 0 Å². The van der Waals surface area contributed by atoms with E-state index in [0.29, 0.717) is 6.42 Å². The molecule has 0 saturated carbocycles. The Balaban J connectivity index is 3.35. The van der Waals surface area contributed by atoms with Gasteiger partial charge in [0.25, 0.3) is 0 Å². The molecule has 0 unspecified atom stereocenters. The maximum atomic E-state index is 12.2. The highest BCUT2D eigenvalue weighted by Gasteiger charge is 2.11. The van der Waals surface area contributed by atoms with Crippen LogP contribution in [0, 0.1) is 0 Å². The van der Waals surface area contributed by atoms with Crippen molar-refractivity contribution in [2.24, 2.45) is 0 Å². The van der Waals surface area contributed by atoms with Crippen LogP contribution < -0.4 is 0 Å². The normalized spacial score (nSPS) is 10.3. The molecule has 0 bridgehead atoms. The Morgan fingerprint density at radius 2 is 1.32 bits per heavy atom. The summed E-state index contributed by atoms with van der Waals surface area (Å²) in [6.07, 6.45) is 7.10. The summed E-state index contributed by atoms with van der Waals surface area (Å²) >= 11 is 0. The summed E-state index contributed by atoms with van der Waals surface area (Å²) in [5.41, 5.74) is 0. The van der Waals surface area contributed by atoms with Crippen molar-refractivity contribution in [1.29, 1.82) is 0 Å². The van der Waals surface area contributed by atoms with Crippen molar-refractivity contribution in [3.05, 3.63) is 12.1 Å². The zero-order valence-electron chi connectivity index (χ0n) is 11.5. The second-order valence-electron chi connectivity index (χ2n) is 4.59. The lowest BCUT2D eigenvalue weighted by atomic mass is 10.1. The van der Waals surface area contributed by atoms with Gasteiger partial charge in [0.1, 0.15) is 0 Å². The predicted molar refractivity (Wildman–Crippen MR) is 68.3 cm³/mol. The van der Waals surface area contributed by atoms with Crippen molar-refractivity contribution in [3.8, 4) is 0 Å². The van der Waals surface area contributed by atoms with Gasteiger partial charge in [-0.2, -0.15) is 13.2 Å². The van der Waals surface area contributed by atoms with Crippen LogP contribution in [0.2, 0.25) is 0 Å². The van der Waals surface area contributed by atoms with Crippen LogP contribution in [0.15, 0.2) is 12.1 Å². The molecule has 0 aliphatic carbocycles. The number of carbonyl (C=O) groups is 1. The monoisotopic (exact) mass is 280 g/mol. The molecule has 0 atom stereocenters. The van der Waals surface area contributed by atoms with Gasteiger partial charge in [0.05, 0.1) is 0 Å². The Hall–Kier alpha value is -1.00. The minimum absolute atomic E-state index is 0.0173. The Morgan fingerprint density at radius 3 is 1.79 bits per heavy atom. The first-order valence-corrected chi connectivity index (χ1v) is 6.99. The summed E-state index contributed by atoms with van der Waals surface area (Å²) in [4.78, 5) is 10.9. The third-order valence-corrected chi connectivity index (χ3v) is 2.84. The summed E-state index contributed by atoms with van der Waals surface area (Å²) in [6.45, 7) is 2.17. The minimum Gasteiger partial charge on any atom is -0.395 e. The molecular formula is C14H23F3O2. The Labute approximate surface area is 113 Å². The molecule has 0 radical (unpaired) electrons. The van der Waals surface area contributed by atoms with E-state index in [0.717, 1.165) is 19.3 Å². The van der Waals surface area contributed by atoms with Crippen molar-refractivity contribution < 1.29 is 22.7 Å². The van der Waals surface area contributed by atoms with Gasteiger partial charge >= 0.3 is 18.1 Å². The van der Waals surface area contributed by atoms with Gasteiger partial charge in [-0.1, -0.05) is 58.3 Å². The fourth-order valence-electron chi connectivity index (χ4n) is 1.77. The molecule has 0 rings (SSSR count). The summed E-state index contributed by atoms with van der Waals surface area (Å²) in [5.74, 6) is -0.937. The third-order valence-electron chi connectivity index (χ3n) is 2.84. The van der Waals surface area contributed by atoms with E-state index in [1.165, 1.54) is 32.1 Å². The van der Waals surface area contributed by atoms with E-state index in [1.54, 1.807) is 0 Å². The molecule has 0 aliphatic heterocycles. The van der Waals surface area contributed by atoms with Crippen LogP contribution in [-0.2, 0) is 9.53 Å². The zero-order valence-corrected chi connectivity index (χ0v) is 11.5. The van der Waals surface area contributed by atoms with E-state index < -0.39 is 18.1 Å². The first kappa shape index (κ1) is 18.0. The van der Waals surface area contributed by atoms with Gasteiger partial charge < -0.3 is 4.74 Å². The van der Waals surface area contributed by atoms with Crippen LogP contribution in [0.25, 0.3) is 0 Å². The van der Waals surface area contributed by atoms with Crippen molar-refractivity contribution in [2.75, 3.05) is 0 Å². The topological polar surface area (TPSA) is 26.3 Å². The molecule has 0 fully saturated rings. The number of carbonyl (C=O) groups excluding carboxylic acids is 1. The smallest absolute Gasteiger partial charge is 0.347 e. The van der Waals surface area contributed by atoms with Gasteiger partial charge in [-0.3, -0.25) is 4.79 Å². The van der Waals surface area contributed by atoms with Crippen LogP contribution in [-0.4, -0.2) is 5.97 Å². The molecule has 19 heavy (non-hydrogen) atoms. The van der Waals surface area contributed by atoms with E-state index >= 15 is 0 Å². The summed E-state index contributed by atoms with van der Waals surface area (Å²) in [6, 6.07) is -2.08. The summed E-state index contributed by atoms with van der Waals surface area (Å²) < 4.78 is 39.3. The lowest BCUT2D eigenvalue weighted by Gasteiger charge is -2.02. The summed E-state index contributed by atoms with van der Waals surface area (Å²) in [7, 11) is 0. The number of esters is 1. The first-order valence-electron chi connectivity index (χ1n) is 6.99. The fourth-order valence-corrected chi connectivity index (χ4v) is 1.77. The van der Waals surface area contributed by atoms with Crippen molar-refractivity contribution in [2.45, 2.75) is 71.1 Å². The molecule has 112 valence electrons. The molecule has 0 aliphatic rings. The van der Waals surface area contributed by atoms with Crippen LogP contribution in [0.4, 0.5) is 13.2 Å². The van der Waals surface area contributed by atoms with Crippen LogP contribution in [0.5, 0.6) is 0 Å². The Bertz CT molecular complexity index is 274. The van der Waals surface area contributed by atoms with Gasteiger partial charge in [-0.05, 0) is 6.42 Å².